The van der Waals surface area contributed by atoms with Crippen LogP contribution in [0.5, 0.6) is 0 Å². The predicted octanol–water partition coefficient (Wildman–Crippen LogP) is 5.24. The summed E-state index contributed by atoms with van der Waals surface area (Å²) >= 11 is 0. The Balaban J connectivity index is 1.73. The van der Waals surface area contributed by atoms with Crippen LogP contribution in [0.2, 0.25) is 0 Å². The minimum Gasteiger partial charge on any atom is -0.360 e. The average Bonchev–Trinajstić information content (AvgIpc) is 3.29. The molecular weight excluding hydrogens is 440 g/mol. The molecule has 0 saturated carbocycles. The third-order valence-corrected chi connectivity index (χ3v) is 6.23. The molecule has 0 radical (unpaired) electrons. The van der Waals surface area contributed by atoms with E-state index in [2.05, 4.69) is 29.2 Å². The number of anilines is 1. The first-order valence-corrected chi connectivity index (χ1v) is 12.3. The van der Waals surface area contributed by atoms with E-state index in [4.69, 9.17) is 4.52 Å². The van der Waals surface area contributed by atoms with Gasteiger partial charge < -0.3 is 19.6 Å². The van der Waals surface area contributed by atoms with Gasteiger partial charge in [-0.25, -0.2) is 0 Å². The molecule has 0 spiro atoms. The number of benzene rings is 2. The van der Waals surface area contributed by atoms with Crippen molar-refractivity contribution < 1.29 is 14.1 Å². The van der Waals surface area contributed by atoms with Crippen LogP contribution in [-0.4, -0.2) is 59.0 Å². The average molecular weight is 477 g/mol. The van der Waals surface area contributed by atoms with Gasteiger partial charge in [0.25, 0.3) is 5.91 Å². The maximum atomic E-state index is 13.5. The van der Waals surface area contributed by atoms with Gasteiger partial charge in [-0.05, 0) is 69.6 Å². The summed E-state index contributed by atoms with van der Waals surface area (Å²) in [5.41, 5.74) is 2.70. The predicted molar refractivity (Wildman–Crippen MR) is 139 cm³/mol. The Kier molecular flexibility index (Phi) is 9.61. The van der Waals surface area contributed by atoms with Gasteiger partial charge in [-0.3, -0.25) is 9.59 Å². The molecule has 2 amide bonds. The molecule has 2 aromatic carbocycles. The number of nitrogens with one attached hydrogen (secondary N) is 1. The van der Waals surface area contributed by atoms with E-state index in [0.717, 1.165) is 43.6 Å². The molecule has 3 aromatic rings. The largest absolute Gasteiger partial charge is 0.360 e. The van der Waals surface area contributed by atoms with Crippen molar-refractivity contribution in [3.05, 3.63) is 72.0 Å². The number of rotatable bonds is 12. The van der Waals surface area contributed by atoms with Crippen molar-refractivity contribution in [2.24, 2.45) is 0 Å². The molecule has 1 atom stereocenters. The lowest BCUT2D eigenvalue weighted by Gasteiger charge is -2.29. The summed E-state index contributed by atoms with van der Waals surface area (Å²) in [6, 6.07) is 19.2. The number of aromatic nitrogens is 1. The third kappa shape index (κ3) is 7.52. The Morgan fingerprint density at radius 3 is 2.26 bits per heavy atom. The number of carbonyl (C=O) groups is 2. The fourth-order valence-corrected chi connectivity index (χ4v) is 4.10. The van der Waals surface area contributed by atoms with E-state index < -0.39 is 0 Å². The first-order chi connectivity index (χ1) is 16.9. The molecule has 7 heteroatoms. The molecule has 7 nitrogen and oxygen atoms in total. The maximum absolute atomic E-state index is 13.5. The maximum Gasteiger partial charge on any atom is 0.254 e. The van der Waals surface area contributed by atoms with Crippen LogP contribution in [0, 0.1) is 6.92 Å². The first kappa shape index (κ1) is 26.2. The number of nitrogens with zero attached hydrogens (tertiary/aromatic N) is 3. The summed E-state index contributed by atoms with van der Waals surface area (Å²) in [6.45, 7) is 11.0. The molecule has 3 rings (SSSR count). The third-order valence-electron chi connectivity index (χ3n) is 6.23. The molecule has 186 valence electrons. The van der Waals surface area contributed by atoms with Gasteiger partial charge in [-0.1, -0.05) is 61.5 Å². The van der Waals surface area contributed by atoms with Gasteiger partial charge in [0.1, 0.15) is 12.3 Å². The van der Waals surface area contributed by atoms with Crippen LogP contribution in [0.25, 0.3) is 11.1 Å². The summed E-state index contributed by atoms with van der Waals surface area (Å²) in [4.78, 5) is 30.3. The highest BCUT2D eigenvalue weighted by atomic mass is 16.5. The minimum absolute atomic E-state index is 0.0579. The summed E-state index contributed by atoms with van der Waals surface area (Å²) in [5, 5.41) is 6.55. The molecule has 1 heterocycles. The molecule has 1 N–H and O–H groups in total. The SMILES string of the molecule is CCN(CC)CCCC(C)N(CC(=O)Nc1cc(C)on1)C(=O)c1ccc(-c2ccccc2)cc1. The van der Waals surface area contributed by atoms with Crippen LogP contribution >= 0.6 is 0 Å². The van der Waals surface area contributed by atoms with Gasteiger partial charge in [-0.15, -0.1) is 0 Å². The standard InChI is InChI=1S/C28H36N4O3/c1-5-31(6-2)18-10-11-21(3)32(20-27(33)29-26-19-22(4)35-30-26)28(34)25-16-14-24(15-17-25)23-12-8-7-9-13-23/h7-9,12-17,19,21H,5-6,10-11,18,20H2,1-4H3,(H,29,30,33). The summed E-state index contributed by atoms with van der Waals surface area (Å²) in [7, 11) is 0. The van der Waals surface area contributed by atoms with Crippen molar-refractivity contribution in [2.75, 3.05) is 31.5 Å². The van der Waals surface area contributed by atoms with Crippen LogP contribution in [0.4, 0.5) is 5.82 Å². The Bertz CT molecular complexity index is 1080. The van der Waals surface area contributed by atoms with Gasteiger partial charge >= 0.3 is 0 Å². The second-order valence-corrected chi connectivity index (χ2v) is 8.77. The van der Waals surface area contributed by atoms with Crippen LogP contribution in [0.3, 0.4) is 0 Å². The number of aryl methyl sites for hydroxylation is 1. The number of carbonyl (C=O) groups excluding carboxylic acids is 2. The molecule has 35 heavy (non-hydrogen) atoms. The van der Waals surface area contributed by atoms with Crippen molar-refractivity contribution in [2.45, 2.75) is 46.6 Å². The van der Waals surface area contributed by atoms with E-state index in [1.54, 1.807) is 17.9 Å². The van der Waals surface area contributed by atoms with E-state index >= 15 is 0 Å². The summed E-state index contributed by atoms with van der Waals surface area (Å²) < 4.78 is 5.03. The fraction of sp³-hybridized carbons (Fsp3) is 0.393. The molecular formula is C28H36N4O3. The van der Waals surface area contributed by atoms with Crippen LogP contribution in [-0.2, 0) is 4.79 Å². The van der Waals surface area contributed by atoms with Gasteiger partial charge in [0.2, 0.25) is 5.91 Å². The lowest BCUT2D eigenvalue weighted by molar-refractivity contribution is -0.117. The Morgan fingerprint density at radius 2 is 1.66 bits per heavy atom. The van der Waals surface area contributed by atoms with Crippen LogP contribution in [0.15, 0.2) is 65.2 Å². The summed E-state index contributed by atoms with van der Waals surface area (Å²) in [5.74, 6) is 0.493. The lowest BCUT2D eigenvalue weighted by atomic mass is 10.0. The smallest absolute Gasteiger partial charge is 0.254 e. The van der Waals surface area contributed by atoms with E-state index in [0.29, 0.717) is 17.1 Å². The van der Waals surface area contributed by atoms with Crippen LogP contribution in [0.1, 0.15) is 49.7 Å². The first-order valence-electron chi connectivity index (χ1n) is 12.3. The molecule has 1 aromatic heterocycles. The highest BCUT2D eigenvalue weighted by Crippen LogP contribution is 2.21. The summed E-state index contributed by atoms with van der Waals surface area (Å²) in [6.07, 6.45) is 1.75. The van der Waals surface area contributed by atoms with Crippen molar-refractivity contribution in [3.8, 4) is 11.1 Å². The second kappa shape index (κ2) is 12.9. The van der Waals surface area contributed by atoms with E-state index in [9.17, 15) is 9.59 Å². The second-order valence-electron chi connectivity index (χ2n) is 8.77. The Hall–Kier alpha value is -3.45. The van der Waals surface area contributed by atoms with Crippen molar-refractivity contribution in [3.63, 3.8) is 0 Å². The van der Waals surface area contributed by atoms with E-state index in [1.807, 2.05) is 61.5 Å². The van der Waals surface area contributed by atoms with E-state index in [1.165, 1.54) is 0 Å². The molecule has 0 aliphatic heterocycles. The molecule has 0 saturated heterocycles. The van der Waals surface area contributed by atoms with Crippen molar-refractivity contribution in [1.29, 1.82) is 0 Å². The molecule has 0 fully saturated rings. The molecule has 0 aliphatic carbocycles. The van der Waals surface area contributed by atoms with Crippen molar-refractivity contribution in [1.82, 2.24) is 15.0 Å². The minimum atomic E-state index is -0.303. The zero-order chi connectivity index (χ0) is 25.2. The van der Waals surface area contributed by atoms with Gasteiger partial charge in [-0.2, -0.15) is 0 Å². The van der Waals surface area contributed by atoms with Crippen molar-refractivity contribution >= 4 is 17.6 Å². The highest BCUT2D eigenvalue weighted by molar-refractivity contribution is 5.99. The number of hydrogen-bond acceptors (Lipinski definition) is 5. The fourth-order valence-electron chi connectivity index (χ4n) is 4.10. The zero-order valence-electron chi connectivity index (χ0n) is 21.2. The molecule has 0 aliphatic rings. The molecule has 1 unspecified atom stereocenters. The Morgan fingerprint density at radius 1 is 1.00 bits per heavy atom. The lowest BCUT2D eigenvalue weighted by Crippen LogP contribution is -2.44. The van der Waals surface area contributed by atoms with E-state index in [-0.39, 0.29) is 24.4 Å². The van der Waals surface area contributed by atoms with Gasteiger partial charge in [0.05, 0.1) is 0 Å². The number of amides is 2. The zero-order valence-corrected chi connectivity index (χ0v) is 21.2. The monoisotopic (exact) mass is 476 g/mol. The number of hydrogen-bond donors (Lipinski definition) is 1. The van der Waals surface area contributed by atoms with Crippen LogP contribution < -0.4 is 5.32 Å². The quantitative estimate of drug-likeness (QED) is 0.387. The normalized spacial score (nSPS) is 11.9. The topological polar surface area (TPSA) is 78.7 Å². The van der Waals surface area contributed by atoms with Gasteiger partial charge in [0.15, 0.2) is 5.82 Å². The van der Waals surface area contributed by atoms with Gasteiger partial charge in [0, 0.05) is 17.7 Å². The Labute approximate surface area is 208 Å². The molecule has 0 bridgehead atoms. The highest BCUT2D eigenvalue weighted by Gasteiger charge is 2.24.